The number of aliphatic carboxylic acids is 1. The molecule has 0 atom stereocenters. The van der Waals surface area contributed by atoms with Gasteiger partial charge >= 0.3 is 18.0 Å². The van der Waals surface area contributed by atoms with E-state index in [1.165, 1.54) is 0 Å². The maximum absolute atomic E-state index is 12.0. The Balaban J connectivity index is 3.15. The summed E-state index contributed by atoms with van der Waals surface area (Å²) in [5.41, 5.74) is -0.853. The van der Waals surface area contributed by atoms with E-state index in [-0.39, 0.29) is 5.56 Å². The lowest BCUT2D eigenvalue weighted by Crippen LogP contribution is -2.17. The maximum atomic E-state index is 12.0. The first-order valence-electron chi connectivity index (χ1n) is 4.64. The number of nitro benzene ring substituents is 1. The topological polar surface area (TPSA) is 89.7 Å². The highest BCUT2D eigenvalue weighted by molar-refractivity contribution is 5.85. The third-order valence-electron chi connectivity index (χ3n) is 1.82. The third kappa shape index (κ3) is 4.66. The van der Waals surface area contributed by atoms with Gasteiger partial charge in [0.2, 0.25) is 5.75 Å². The van der Waals surface area contributed by atoms with Crippen LogP contribution in [0.3, 0.4) is 0 Å². The molecule has 0 bridgehead atoms. The lowest BCUT2D eigenvalue weighted by Gasteiger charge is -2.09. The zero-order valence-electron chi connectivity index (χ0n) is 9.05. The molecule has 0 aromatic heterocycles. The summed E-state index contributed by atoms with van der Waals surface area (Å²) in [5.74, 6) is -2.26. The van der Waals surface area contributed by atoms with Gasteiger partial charge in [-0.25, -0.2) is 4.79 Å². The molecule has 0 radical (unpaired) electrons. The fraction of sp³-hybridized carbons (Fsp3) is 0.100. The van der Waals surface area contributed by atoms with E-state index < -0.39 is 28.7 Å². The highest BCUT2D eigenvalue weighted by Gasteiger charge is 2.34. The second-order valence-electron chi connectivity index (χ2n) is 3.20. The average molecular weight is 277 g/mol. The number of nitrogens with zero attached hydrogens (tertiary/aromatic N) is 1. The van der Waals surface area contributed by atoms with E-state index in [9.17, 15) is 28.1 Å². The Bertz CT molecular complexity index is 538. The Morgan fingerprint density at radius 2 is 2.05 bits per heavy atom. The normalized spacial score (nSPS) is 11.5. The number of rotatable bonds is 4. The van der Waals surface area contributed by atoms with Gasteiger partial charge in [0.15, 0.2) is 0 Å². The van der Waals surface area contributed by atoms with Crippen molar-refractivity contribution >= 4 is 17.7 Å². The van der Waals surface area contributed by atoms with Gasteiger partial charge in [0.05, 0.1) is 4.92 Å². The van der Waals surface area contributed by atoms with Gasteiger partial charge in [-0.1, -0.05) is 6.07 Å². The van der Waals surface area contributed by atoms with Crippen molar-refractivity contribution in [2.24, 2.45) is 0 Å². The molecular weight excluding hydrogens is 271 g/mol. The van der Waals surface area contributed by atoms with Crippen LogP contribution in [0.1, 0.15) is 5.56 Å². The molecule has 9 heteroatoms. The van der Waals surface area contributed by atoms with Gasteiger partial charge in [-0.3, -0.25) is 10.1 Å². The van der Waals surface area contributed by atoms with Gasteiger partial charge in [0, 0.05) is 12.1 Å². The quantitative estimate of drug-likeness (QED) is 0.519. The highest BCUT2D eigenvalue weighted by Crippen LogP contribution is 2.32. The van der Waals surface area contributed by atoms with Gasteiger partial charge in [-0.2, -0.15) is 0 Å². The van der Waals surface area contributed by atoms with Crippen molar-refractivity contribution in [3.05, 3.63) is 40.0 Å². The largest absolute Gasteiger partial charge is 0.573 e. The Labute approximate surface area is 103 Å². The van der Waals surface area contributed by atoms with Crippen LogP contribution in [-0.4, -0.2) is 22.4 Å². The number of ether oxygens (including phenoxy) is 1. The molecule has 0 saturated heterocycles. The minimum atomic E-state index is -5.05. The molecule has 0 saturated carbocycles. The number of hydrogen-bond acceptors (Lipinski definition) is 4. The Morgan fingerprint density at radius 1 is 1.42 bits per heavy atom. The summed E-state index contributed by atoms with van der Waals surface area (Å²) < 4.78 is 39.5. The second-order valence-corrected chi connectivity index (χ2v) is 3.20. The molecule has 19 heavy (non-hydrogen) atoms. The van der Waals surface area contributed by atoms with Crippen LogP contribution in [0, 0.1) is 10.1 Å². The number of nitro groups is 1. The number of halogens is 3. The zero-order valence-corrected chi connectivity index (χ0v) is 9.05. The Kier molecular flexibility index (Phi) is 4.10. The molecule has 1 rings (SSSR count). The minimum Gasteiger partial charge on any atom is -0.478 e. The van der Waals surface area contributed by atoms with Gasteiger partial charge in [-0.15, -0.1) is 13.2 Å². The van der Waals surface area contributed by atoms with Gasteiger partial charge in [0.25, 0.3) is 0 Å². The van der Waals surface area contributed by atoms with Crippen molar-refractivity contribution in [1.82, 2.24) is 0 Å². The fourth-order valence-corrected chi connectivity index (χ4v) is 1.16. The van der Waals surface area contributed by atoms with Gasteiger partial charge in [0.1, 0.15) is 0 Å². The standard InChI is InChI=1S/C10H6F3NO5/c11-10(12,13)19-8-3-1-6(2-4-9(15)16)5-7(8)14(17)18/h1-5H,(H,15,16)/b4-2+. The van der Waals surface area contributed by atoms with E-state index in [0.717, 1.165) is 24.3 Å². The highest BCUT2D eigenvalue weighted by atomic mass is 19.4. The predicted octanol–water partition coefficient (Wildman–Crippen LogP) is 2.59. The van der Waals surface area contributed by atoms with Crippen molar-refractivity contribution in [3.63, 3.8) is 0 Å². The number of alkyl halides is 3. The first kappa shape index (κ1) is 14.5. The van der Waals surface area contributed by atoms with Gasteiger partial charge in [-0.05, 0) is 17.7 Å². The van der Waals surface area contributed by atoms with Crippen LogP contribution in [0.25, 0.3) is 6.08 Å². The molecule has 0 aliphatic rings. The second kappa shape index (κ2) is 5.38. The van der Waals surface area contributed by atoms with Crippen LogP contribution in [0.15, 0.2) is 24.3 Å². The van der Waals surface area contributed by atoms with Crippen molar-refractivity contribution in [1.29, 1.82) is 0 Å². The molecule has 0 heterocycles. The first-order valence-corrected chi connectivity index (χ1v) is 4.64. The van der Waals surface area contributed by atoms with E-state index in [4.69, 9.17) is 5.11 Å². The molecule has 0 amide bonds. The van der Waals surface area contributed by atoms with E-state index in [0.29, 0.717) is 6.08 Å². The Hall–Kier alpha value is -2.58. The lowest BCUT2D eigenvalue weighted by atomic mass is 10.1. The molecule has 102 valence electrons. The fourth-order valence-electron chi connectivity index (χ4n) is 1.16. The smallest absolute Gasteiger partial charge is 0.478 e. The van der Waals surface area contributed by atoms with E-state index >= 15 is 0 Å². The third-order valence-corrected chi connectivity index (χ3v) is 1.82. The number of benzene rings is 1. The molecule has 6 nitrogen and oxygen atoms in total. The summed E-state index contributed by atoms with van der Waals surface area (Å²) in [6.45, 7) is 0. The lowest BCUT2D eigenvalue weighted by molar-refractivity contribution is -0.388. The summed E-state index contributed by atoms with van der Waals surface area (Å²) in [5, 5.41) is 19.0. The van der Waals surface area contributed by atoms with Gasteiger partial charge < -0.3 is 9.84 Å². The number of carboxylic acid groups (broad SMARTS) is 1. The van der Waals surface area contributed by atoms with Crippen LogP contribution in [-0.2, 0) is 4.79 Å². The number of hydrogen-bond donors (Lipinski definition) is 1. The summed E-state index contributed by atoms with van der Waals surface area (Å²) in [4.78, 5) is 19.8. The number of carboxylic acids is 1. The molecule has 0 aliphatic heterocycles. The molecule has 0 fully saturated rings. The van der Waals surface area contributed by atoms with Crippen LogP contribution in [0.2, 0.25) is 0 Å². The zero-order chi connectivity index (χ0) is 14.6. The maximum Gasteiger partial charge on any atom is 0.573 e. The van der Waals surface area contributed by atoms with E-state index in [1.807, 2.05) is 0 Å². The van der Waals surface area contributed by atoms with Crippen LogP contribution < -0.4 is 4.74 Å². The van der Waals surface area contributed by atoms with Crippen LogP contribution in [0.5, 0.6) is 5.75 Å². The van der Waals surface area contributed by atoms with Crippen molar-refractivity contribution in [2.45, 2.75) is 6.36 Å². The van der Waals surface area contributed by atoms with Crippen LogP contribution >= 0.6 is 0 Å². The average Bonchev–Trinajstić information content (AvgIpc) is 2.25. The SMILES string of the molecule is O=C(O)/C=C/c1ccc(OC(F)(F)F)c([N+](=O)[O-])c1. The minimum absolute atomic E-state index is 0.0589. The summed E-state index contributed by atoms with van der Waals surface area (Å²) in [7, 11) is 0. The number of carbonyl (C=O) groups is 1. The molecule has 1 aromatic rings. The molecule has 0 spiro atoms. The molecular formula is C10H6F3NO5. The molecule has 0 unspecified atom stereocenters. The van der Waals surface area contributed by atoms with Crippen LogP contribution in [0.4, 0.5) is 18.9 Å². The van der Waals surface area contributed by atoms with Crippen molar-refractivity contribution < 1.29 is 32.7 Å². The van der Waals surface area contributed by atoms with E-state index in [2.05, 4.69) is 4.74 Å². The monoisotopic (exact) mass is 277 g/mol. The Morgan fingerprint density at radius 3 is 2.53 bits per heavy atom. The van der Waals surface area contributed by atoms with Crippen molar-refractivity contribution in [2.75, 3.05) is 0 Å². The van der Waals surface area contributed by atoms with E-state index in [1.54, 1.807) is 0 Å². The summed E-state index contributed by atoms with van der Waals surface area (Å²) >= 11 is 0. The summed E-state index contributed by atoms with van der Waals surface area (Å²) in [6, 6.07) is 2.58. The summed E-state index contributed by atoms with van der Waals surface area (Å²) in [6.07, 6.45) is -3.35. The van der Waals surface area contributed by atoms with Crippen molar-refractivity contribution in [3.8, 4) is 5.75 Å². The molecule has 1 aromatic carbocycles. The first-order chi connectivity index (χ1) is 8.69. The predicted molar refractivity (Wildman–Crippen MR) is 56.4 cm³/mol. The molecule has 0 aliphatic carbocycles. The molecule has 1 N–H and O–H groups in total.